The molecule has 0 heterocycles. The smallest absolute Gasteiger partial charge is 0.207 e. The lowest BCUT2D eigenvalue weighted by Crippen LogP contribution is -2.33. The predicted molar refractivity (Wildman–Crippen MR) is 55.4 cm³/mol. The number of carbonyl (C=O) groups is 1. The van der Waals surface area contributed by atoms with E-state index in [0.29, 0.717) is 17.2 Å². The number of benzene rings is 1. The minimum atomic E-state index is -0.931. The molecule has 0 aromatic heterocycles. The van der Waals surface area contributed by atoms with Crippen LogP contribution in [0.3, 0.4) is 0 Å². The van der Waals surface area contributed by atoms with Crippen LogP contribution in [0.25, 0.3) is 0 Å². The average molecular weight is 214 g/mol. The van der Waals surface area contributed by atoms with Gasteiger partial charge in [-0.2, -0.15) is 0 Å². The van der Waals surface area contributed by atoms with Crippen molar-refractivity contribution in [1.29, 1.82) is 0 Å². The Balaban J connectivity index is 2.84. The highest BCUT2D eigenvalue weighted by molar-refractivity contribution is 6.34. The Morgan fingerprint density at radius 3 is 2.79 bits per heavy atom. The largest absolute Gasteiger partial charge is 0.356 e. The van der Waals surface area contributed by atoms with Crippen LogP contribution in [-0.4, -0.2) is 18.6 Å². The number of ether oxygens (including phenoxy) is 1. The number of halogens is 1. The molecule has 14 heavy (non-hydrogen) atoms. The summed E-state index contributed by atoms with van der Waals surface area (Å²) in [7, 11) is 0. The highest BCUT2D eigenvalue weighted by Gasteiger charge is 2.17. The van der Waals surface area contributed by atoms with E-state index < -0.39 is 6.23 Å². The molecule has 1 unspecified atom stereocenters. The zero-order valence-corrected chi connectivity index (χ0v) is 8.62. The van der Waals surface area contributed by atoms with Crippen LogP contribution in [0.2, 0.25) is 5.02 Å². The van der Waals surface area contributed by atoms with Crippen molar-refractivity contribution in [2.75, 3.05) is 6.61 Å². The molecule has 0 saturated heterocycles. The molecule has 1 aromatic carbocycles. The van der Waals surface area contributed by atoms with Crippen LogP contribution in [0.5, 0.6) is 0 Å². The van der Waals surface area contributed by atoms with Crippen LogP contribution >= 0.6 is 11.6 Å². The molecule has 0 aliphatic heterocycles. The first kappa shape index (κ1) is 11.2. The number of nitrogens with two attached hydrogens (primary N) is 1. The van der Waals surface area contributed by atoms with Crippen molar-refractivity contribution in [1.82, 2.24) is 0 Å². The van der Waals surface area contributed by atoms with Gasteiger partial charge < -0.3 is 4.74 Å². The van der Waals surface area contributed by atoms with Gasteiger partial charge in [-0.1, -0.05) is 23.7 Å². The van der Waals surface area contributed by atoms with Gasteiger partial charge in [0.1, 0.15) is 0 Å². The van der Waals surface area contributed by atoms with E-state index in [9.17, 15) is 4.79 Å². The van der Waals surface area contributed by atoms with Gasteiger partial charge >= 0.3 is 0 Å². The Bertz CT molecular complexity index is 328. The second-order valence-corrected chi connectivity index (χ2v) is 3.13. The summed E-state index contributed by atoms with van der Waals surface area (Å²) in [6.07, 6.45) is -0.931. The van der Waals surface area contributed by atoms with E-state index in [1.807, 2.05) is 0 Å². The van der Waals surface area contributed by atoms with Crippen molar-refractivity contribution in [3.8, 4) is 0 Å². The third-order valence-electron chi connectivity index (χ3n) is 1.74. The third kappa shape index (κ3) is 2.54. The molecule has 0 saturated carbocycles. The minimum absolute atomic E-state index is 0.294. The van der Waals surface area contributed by atoms with Gasteiger partial charge in [0.15, 0.2) is 6.23 Å². The van der Waals surface area contributed by atoms with Crippen molar-refractivity contribution in [2.45, 2.75) is 13.2 Å². The molecule has 0 spiro atoms. The van der Waals surface area contributed by atoms with E-state index in [4.69, 9.17) is 22.1 Å². The lowest BCUT2D eigenvalue weighted by atomic mass is 10.1. The molecule has 0 radical (unpaired) electrons. The second kappa shape index (κ2) is 5.10. The quantitative estimate of drug-likeness (QED) is 0.614. The highest BCUT2D eigenvalue weighted by atomic mass is 35.5. The molecular weight excluding hydrogens is 202 g/mol. The molecular formula is C10H12ClNO2. The van der Waals surface area contributed by atoms with Crippen LogP contribution in [0.1, 0.15) is 17.3 Å². The molecule has 0 aliphatic rings. The Morgan fingerprint density at radius 2 is 2.21 bits per heavy atom. The Labute approximate surface area is 87.8 Å². The van der Waals surface area contributed by atoms with Crippen LogP contribution < -0.4 is 5.73 Å². The third-order valence-corrected chi connectivity index (χ3v) is 2.07. The standard InChI is InChI=1S/C10H12ClNO2/c1-2-14-10(12)9(13)7-5-3-4-6-8(7)11/h3-6,10H,2,12H2,1H3. The summed E-state index contributed by atoms with van der Waals surface area (Å²) in [5.74, 6) is -0.294. The van der Waals surface area contributed by atoms with Gasteiger partial charge in [0.25, 0.3) is 0 Å². The minimum Gasteiger partial charge on any atom is -0.356 e. The van der Waals surface area contributed by atoms with Crippen LogP contribution in [0.15, 0.2) is 24.3 Å². The molecule has 1 rings (SSSR count). The van der Waals surface area contributed by atoms with Gasteiger partial charge in [-0.05, 0) is 19.1 Å². The molecule has 3 nitrogen and oxygen atoms in total. The molecule has 1 atom stereocenters. The van der Waals surface area contributed by atoms with E-state index in [1.54, 1.807) is 31.2 Å². The van der Waals surface area contributed by atoms with Crippen molar-refractivity contribution in [2.24, 2.45) is 5.73 Å². The van der Waals surface area contributed by atoms with Crippen molar-refractivity contribution >= 4 is 17.4 Å². The fraction of sp³-hybridized carbons (Fsp3) is 0.300. The number of ketones is 1. The summed E-state index contributed by atoms with van der Waals surface area (Å²) in [4.78, 5) is 11.6. The van der Waals surface area contributed by atoms with Gasteiger partial charge in [0.2, 0.25) is 5.78 Å². The molecule has 76 valence electrons. The molecule has 2 N–H and O–H groups in total. The SMILES string of the molecule is CCOC(N)C(=O)c1ccccc1Cl. The number of hydrogen-bond acceptors (Lipinski definition) is 3. The maximum atomic E-state index is 11.6. The molecule has 0 aliphatic carbocycles. The van der Waals surface area contributed by atoms with Crippen LogP contribution in [0.4, 0.5) is 0 Å². The normalized spacial score (nSPS) is 12.5. The number of rotatable bonds is 4. The Morgan fingerprint density at radius 1 is 1.57 bits per heavy atom. The maximum Gasteiger partial charge on any atom is 0.207 e. The number of carbonyl (C=O) groups excluding carboxylic acids is 1. The average Bonchev–Trinajstić information content (AvgIpc) is 2.18. The van der Waals surface area contributed by atoms with Crippen LogP contribution in [0, 0.1) is 0 Å². The molecule has 4 heteroatoms. The lowest BCUT2D eigenvalue weighted by Gasteiger charge is -2.10. The first-order chi connectivity index (χ1) is 6.66. The van der Waals surface area contributed by atoms with Crippen LogP contribution in [-0.2, 0) is 4.74 Å². The van der Waals surface area contributed by atoms with Gasteiger partial charge in [-0.3, -0.25) is 10.5 Å². The fourth-order valence-corrected chi connectivity index (χ4v) is 1.30. The van der Waals surface area contributed by atoms with Gasteiger partial charge in [0, 0.05) is 12.2 Å². The summed E-state index contributed by atoms with van der Waals surface area (Å²) >= 11 is 5.83. The monoisotopic (exact) mass is 213 g/mol. The zero-order valence-electron chi connectivity index (χ0n) is 7.87. The maximum absolute atomic E-state index is 11.6. The topological polar surface area (TPSA) is 52.3 Å². The van der Waals surface area contributed by atoms with Gasteiger partial charge in [0.05, 0.1) is 5.02 Å². The molecule has 0 amide bonds. The lowest BCUT2D eigenvalue weighted by molar-refractivity contribution is 0.0479. The fourth-order valence-electron chi connectivity index (χ4n) is 1.07. The summed E-state index contributed by atoms with van der Waals surface area (Å²) in [6.45, 7) is 2.18. The summed E-state index contributed by atoms with van der Waals surface area (Å²) in [5, 5.41) is 0.396. The molecule has 0 bridgehead atoms. The van der Waals surface area contributed by atoms with E-state index in [0.717, 1.165) is 0 Å². The predicted octanol–water partition coefficient (Wildman–Crippen LogP) is 1.84. The number of Topliss-reactive ketones (excluding diaryl/α,β-unsaturated/α-hetero) is 1. The summed E-state index contributed by atoms with van der Waals surface area (Å²) in [6, 6.07) is 6.76. The Kier molecular flexibility index (Phi) is 4.07. The van der Waals surface area contributed by atoms with E-state index >= 15 is 0 Å². The first-order valence-corrected chi connectivity index (χ1v) is 4.70. The van der Waals surface area contributed by atoms with Gasteiger partial charge in [-0.15, -0.1) is 0 Å². The van der Waals surface area contributed by atoms with E-state index in [1.165, 1.54) is 0 Å². The summed E-state index contributed by atoms with van der Waals surface area (Å²) < 4.78 is 4.98. The van der Waals surface area contributed by atoms with Crippen molar-refractivity contribution in [3.63, 3.8) is 0 Å². The zero-order chi connectivity index (χ0) is 10.6. The second-order valence-electron chi connectivity index (χ2n) is 2.72. The number of hydrogen-bond donors (Lipinski definition) is 1. The Hall–Kier alpha value is -0.900. The molecule has 0 fully saturated rings. The molecule has 1 aromatic rings. The van der Waals surface area contributed by atoms with Crippen molar-refractivity contribution < 1.29 is 9.53 Å². The van der Waals surface area contributed by atoms with Gasteiger partial charge in [-0.25, -0.2) is 0 Å². The highest BCUT2D eigenvalue weighted by Crippen LogP contribution is 2.16. The van der Waals surface area contributed by atoms with E-state index in [2.05, 4.69) is 0 Å². The van der Waals surface area contributed by atoms with Crippen molar-refractivity contribution in [3.05, 3.63) is 34.9 Å². The first-order valence-electron chi connectivity index (χ1n) is 4.32. The van der Waals surface area contributed by atoms with E-state index in [-0.39, 0.29) is 5.78 Å². The summed E-state index contributed by atoms with van der Waals surface area (Å²) in [5.41, 5.74) is 5.90.